The first-order chi connectivity index (χ1) is 9.81. The van der Waals surface area contributed by atoms with Crippen LogP contribution in [0.25, 0.3) is 0 Å². The van der Waals surface area contributed by atoms with Crippen LogP contribution in [-0.4, -0.2) is 12.5 Å². The summed E-state index contributed by atoms with van der Waals surface area (Å²) in [5, 5.41) is 3.25. The van der Waals surface area contributed by atoms with Gasteiger partial charge in [-0.1, -0.05) is 12.1 Å². The van der Waals surface area contributed by atoms with Gasteiger partial charge in [0.05, 0.1) is 0 Å². The second-order valence-corrected chi connectivity index (χ2v) is 5.20. The van der Waals surface area contributed by atoms with E-state index in [9.17, 15) is 0 Å². The highest BCUT2D eigenvalue weighted by atomic mass is 15.1. The van der Waals surface area contributed by atoms with Crippen molar-refractivity contribution < 1.29 is 0 Å². The molecule has 0 atom stereocenters. The number of aliphatic imine (C=N–C) groups is 1. The lowest BCUT2D eigenvalue weighted by molar-refractivity contribution is 0.687. The quantitative estimate of drug-likeness (QED) is 0.373. The van der Waals surface area contributed by atoms with E-state index in [1.165, 1.54) is 30.4 Å². The molecule has 0 unspecified atom stereocenters. The van der Waals surface area contributed by atoms with Crippen molar-refractivity contribution in [2.75, 3.05) is 11.9 Å². The summed E-state index contributed by atoms with van der Waals surface area (Å²) in [7, 11) is 0. The van der Waals surface area contributed by atoms with Crippen molar-refractivity contribution in [3.8, 4) is 12.3 Å². The fraction of sp³-hybridized carbons (Fsp3) is 0.471. The summed E-state index contributed by atoms with van der Waals surface area (Å²) in [5.41, 5.74) is 9.92. The molecule has 3 N–H and O–H groups in total. The number of guanidine groups is 1. The average Bonchev–Trinajstić information content (AvgIpc) is 2.47. The van der Waals surface area contributed by atoms with E-state index in [0.717, 1.165) is 37.9 Å². The van der Waals surface area contributed by atoms with Crippen molar-refractivity contribution in [1.29, 1.82) is 0 Å². The first kappa shape index (κ1) is 14.5. The highest BCUT2D eigenvalue weighted by molar-refractivity contribution is 5.93. The third-order valence-corrected chi connectivity index (χ3v) is 3.67. The molecular weight excluding hydrogens is 246 g/mol. The number of hydrogen-bond donors (Lipinski definition) is 2. The van der Waals surface area contributed by atoms with Crippen LogP contribution in [0.1, 0.15) is 43.2 Å². The van der Waals surface area contributed by atoms with Crippen molar-refractivity contribution in [3.63, 3.8) is 0 Å². The first-order valence-electron chi connectivity index (χ1n) is 7.42. The summed E-state index contributed by atoms with van der Waals surface area (Å²) in [6.07, 6.45) is 12.9. The molecule has 0 bridgehead atoms. The highest BCUT2D eigenvalue weighted by Crippen LogP contribution is 2.27. The number of nitrogens with zero attached hydrogens (tertiary/aromatic N) is 1. The Labute approximate surface area is 121 Å². The Morgan fingerprint density at radius 1 is 1.30 bits per heavy atom. The standard InChI is InChI=1S/C17H23N3/c1-2-3-4-7-13-19-17(18)20-16-12-8-10-14-9-5-6-11-15(14)16/h1,8,10,12H,3-7,9,11,13H2,(H3,18,19,20). The van der Waals surface area contributed by atoms with Gasteiger partial charge in [-0.15, -0.1) is 12.3 Å². The van der Waals surface area contributed by atoms with E-state index in [-0.39, 0.29) is 0 Å². The topological polar surface area (TPSA) is 50.4 Å². The molecule has 2 rings (SSSR count). The average molecular weight is 269 g/mol. The molecule has 0 fully saturated rings. The lowest BCUT2D eigenvalue weighted by Gasteiger charge is -2.19. The lowest BCUT2D eigenvalue weighted by Crippen LogP contribution is -2.24. The van der Waals surface area contributed by atoms with Crippen molar-refractivity contribution in [2.45, 2.75) is 44.9 Å². The second-order valence-electron chi connectivity index (χ2n) is 5.20. The Morgan fingerprint density at radius 2 is 2.15 bits per heavy atom. The molecule has 0 saturated heterocycles. The summed E-state index contributed by atoms with van der Waals surface area (Å²) in [6.45, 7) is 0.732. The second kappa shape index (κ2) is 7.59. The fourth-order valence-corrected chi connectivity index (χ4v) is 2.61. The molecule has 106 valence electrons. The number of aryl methyl sites for hydroxylation is 1. The zero-order chi connectivity index (χ0) is 14.2. The van der Waals surface area contributed by atoms with Crippen LogP contribution in [0.15, 0.2) is 23.2 Å². The lowest BCUT2D eigenvalue weighted by atomic mass is 9.90. The molecule has 1 aromatic rings. The minimum absolute atomic E-state index is 0.504. The van der Waals surface area contributed by atoms with Crippen molar-refractivity contribution in [3.05, 3.63) is 29.3 Å². The molecule has 1 aliphatic carbocycles. The van der Waals surface area contributed by atoms with Crippen molar-refractivity contribution >= 4 is 11.6 Å². The van der Waals surface area contributed by atoms with Gasteiger partial charge in [0, 0.05) is 18.7 Å². The number of rotatable bonds is 5. The highest BCUT2D eigenvalue weighted by Gasteiger charge is 2.12. The van der Waals surface area contributed by atoms with Crippen LogP contribution >= 0.6 is 0 Å². The molecule has 0 amide bonds. The summed E-state index contributed by atoms with van der Waals surface area (Å²) in [6, 6.07) is 6.39. The third-order valence-electron chi connectivity index (χ3n) is 3.67. The molecule has 0 aliphatic heterocycles. The number of nitrogens with two attached hydrogens (primary N) is 1. The Kier molecular flexibility index (Phi) is 5.49. The largest absolute Gasteiger partial charge is 0.370 e. The van der Waals surface area contributed by atoms with Crippen LogP contribution < -0.4 is 11.1 Å². The summed E-state index contributed by atoms with van der Waals surface area (Å²) >= 11 is 0. The molecule has 20 heavy (non-hydrogen) atoms. The van der Waals surface area contributed by atoms with E-state index in [0.29, 0.717) is 5.96 Å². The van der Waals surface area contributed by atoms with Gasteiger partial charge >= 0.3 is 0 Å². The molecule has 3 nitrogen and oxygen atoms in total. The zero-order valence-electron chi connectivity index (χ0n) is 12.0. The Morgan fingerprint density at radius 3 is 3.00 bits per heavy atom. The number of nitrogens with one attached hydrogen (secondary N) is 1. The van der Waals surface area contributed by atoms with Crippen molar-refractivity contribution in [1.82, 2.24) is 0 Å². The van der Waals surface area contributed by atoms with E-state index in [2.05, 4.69) is 34.4 Å². The Balaban J connectivity index is 1.92. The van der Waals surface area contributed by atoms with E-state index < -0.39 is 0 Å². The minimum Gasteiger partial charge on any atom is -0.370 e. The molecule has 1 aromatic carbocycles. The molecule has 0 saturated carbocycles. The Bertz CT molecular complexity index is 511. The number of anilines is 1. The first-order valence-corrected chi connectivity index (χ1v) is 7.42. The maximum atomic E-state index is 5.95. The molecule has 0 heterocycles. The van der Waals surface area contributed by atoms with Gasteiger partial charge in [-0.3, -0.25) is 4.99 Å². The minimum atomic E-state index is 0.504. The van der Waals surface area contributed by atoms with Gasteiger partial charge in [-0.2, -0.15) is 0 Å². The van der Waals surface area contributed by atoms with Crippen LogP contribution in [0.3, 0.4) is 0 Å². The number of terminal acetylenes is 1. The number of unbranched alkanes of at least 4 members (excludes halogenated alkanes) is 2. The van der Waals surface area contributed by atoms with Gasteiger partial charge in [0.2, 0.25) is 0 Å². The molecule has 3 heteroatoms. The number of hydrogen-bond acceptors (Lipinski definition) is 1. The van der Waals surface area contributed by atoms with Gasteiger partial charge < -0.3 is 11.1 Å². The van der Waals surface area contributed by atoms with Crippen LogP contribution in [0.5, 0.6) is 0 Å². The predicted octanol–water partition coefficient (Wildman–Crippen LogP) is 3.10. The molecule has 0 spiro atoms. The molecule has 1 aliphatic rings. The van der Waals surface area contributed by atoms with Gasteiger partial charge in [0.1, 0.15) is 0 Å². The molecule has 0 aromatic heterocycles. The monoisotopic (exact) mass is 269 g/mol. The van der Waals surface area contributed by atoms with E-state index >= 15 is 0 Å². The Hall–Kier alpha value is -1.95. The van der Waals surface area contributed by atoms with Crippen LogP contribution in [-0.2, 0) is 12.8 Å². The molecule has 0 radical (unpaired) electrons. The van der Waals surface area contributed by atoms with Crippen LogP contribution in [0.2, 0.25) is 0 Å². The van der Waals surface area contributed by atoms with Crippen molar-refractivity contribution in [2.24, 2.45) is 10.7 Å². The number of benzene rings is 1. The van der Waals surface area contributed by atoms with E-state index in [4.69, 9.17) is 12.2 Å². The predicted molar refractivity (Wildman–Crippen MR) is 85.9 cm³/mol. The normalized spacial score (nSPS) is 14.4. The maximum absolute atomic E-state index is 5.95. The van der Waals surface area contributed by atoms with Crippen LogP contribution in [0, 0.1) is 12.3 Å². The summed E-state index contributed by atoms with van der Waals surface area (Å²) < 4.78 is 0. The van der Waals surface area contributed by atoms with E-state index in [1.807, 2.05) is 0 Å². The smallest absolute Gasteiger partial charge is 0.193 e. The van der Waals surface area contributed by atoms with E-state index in [1.54, 1.807) is 0 Å². The number of fused-ring (bicyclic) bond motifs is 1. The summed E-state index contributed by atoms with van der Waals surface area (Å²) in [5.74, 6) is 3.14. The molecular formula is C17H23N3. The van der Waals surface area contributed by atoms with Crippen LogP contribution in [0.4, 0.5) is 5.69 Å². The fourth-order valence-electron chi connectivity index (χ4n) is 2.61. The zero-order valence-corrected chi connectivity index (χ0v) is 12.0. The van der Waals surface area contributed by atoms with Gasteiger partial charge in [0.15, 0.2) is 5.96 Å². The van der Waals surface area contributed by atoms with Gasteiger partial charge in [0.25, 0.3) is 0 Å². The van der Waals surface area contributed by atoms with Gasteiger partial charge in [-0.25, -0.2) is 0 Å². The van der Waals surface area contributed by atoms with Gasteiger partial charge in [-0.05, 0) is 55.7 Å². The maximum Gasteiger partial charge on any atom is 0.193 e. The SMILES string of the molecule is C#CCCCCN=C(N)Nc1cccc2c1CCCC2. The third kappa shape index (κ3) is 4.03. The summed E-state index contributed by atoms with van der Waals surface area (Å²) in [4.78, 5) is 4.35.